The van der Waals surface area contributed by atoms with Crippen molar-refractivity contribution >= 4 is 11.9 Å². The zero-order chi connectivity index (χ0) is 14.8. The third kappa shape index (κ3) is 3.30. The number of carboxylic acids is 1. The smallest absolute Gasteiger partial charge is 0.332 e. The van der Waals surface area contributed by atoms with E-state index in [9.17, 15) is 9.59 Å². The Morgan fingerprint density at radius 2 is 1.90 bits per heavy atom. The molecule has 0 bridgehead atoms. The summed E-state index contributed by atoms with van der Waals surface area (Å²) in [6, 6.07) is 0. The van der Waals surface area contributed by atoms with Crippen LogP contribution in [0, 0.1) is 5.41 Å². The Balaban J connectivity index is 1.85. The summed E-state index contributed by atoms with van der Waals surface area (Å²) in [6.07, 6.45) is 1.32. The van der Waals surface area contributed by atoms with Crippen molar-refractivity contribution in [2.75, 3.05) is 26.8 Å². The molecule has 2 atom stereocenters. The van der Waals surface area contributed by atoms with E-state index in [0.29, 0.717) is 32.5 Å². The Hall–Kier alpha value is -1.14. The molecule has 0 unspecified atom stereocenters. The van der Waals surface area contributed by atoms with Gasteiger partial charge in [-0.3, -0.25) is 4.79 Å². The summed E-state index contributed by atoms with van der Waals surface area (Å²) in [7, 11) is 1.70. The van der Waals surface area contributed by atoms with Crippen molar-refractivity contribution < 1.29 is 24.2 Å². The molecule has 20 heavy (non-hydrogen) atoms. The van der Waals surface area contributed by atoms with E-state index >= 15 is 0 Å². The van der Waals surface area contributed by atoms with E-state index < -0.39 is 18.2 Å². The quantitative estimate of drug-likeness (QED) is 0.830. The van der Waals surface area contributed by atoms with Gasteiger partial charge in [-0.2, -0.15) is 0 Å². The van der Waals surface area contributed by atoms with Gasteiger partial charge in [0.2, 0.25) is 0 Å². The number of hydrogen-bond acceptors (Lipinski definition) is 4. The number of likely N-dealkylation sites (tertiary alicyclic amines) is 1. The van der Waals surface area contributed by atoms with Gasteiger partial charge in [-0.25, -0.2) is 4.79 Å². The number of piperidine rings is 1. The lowest BCUT2D eigenvalue weighted by molar-refractivity contribution is -0.155. The van der Waals surface area contributed by atoms with Crippen LogP contribution in [0.25, 0.3) is 0 Å². The lowest BCUT2D eigenvalue weighted by Gasteiger charge is -2.39. The van der Waals surface area contributed by atoms with Gasteiger partial charge in [-0.15, -0.1) is 0 Å². The van der Waals surface area contributed by atoms with E-state index in [-0.39, 0.29) is 11.3 Å². The first-order valence-electron chi connectivity index (χ1n) is 7.11. The minimum atomic E-state index is -0.980. The maximum atomic E-state index is 12.3. The van der Waals surface area contributed by atoms with Crippen molar-refractivity contribution in [3.8, 4) is 0 Å². The van der Waals surface area contributed by atoms with Gasteiger partial charge in [0.05, 0.1) is 6.61 Å². The van der Waals surface area contributed by atoms with E-state index in [4.69, 9.17) is 14.6 Å². The number of nitrogens with zero attached hydrogens (tertiary/aromatic N) is 1. The van der Waals surface area contributed by atoms with Crippen LogP contribution >= 0.6 is 0 Å². The third-order valence-electron chi connectivity index (χ3n) is 4.35. The largest absolute Gasteiger partial charge is 0.479 e. The van der Waals surface area contributed by atoms with Crippen molar-refractivity contribution in [1.82, 2.24) is 4.90 Å². The van der Waals surface area contributed by atoms with Crippen LogP contribution < -0.4 is 0 Å². The first kappa shape index (κ1) is 15.3. The van der Waals surface area contributed by atoms with Crippen LogP contribution in [-0.4, -0.2) is 60.9 Å². The predicted molar refractivity (Wildman–Crippen MR) is 71.3 cm³/mol. The lowest BCUT2D eigenvalue weighted by atomic mass is 9.81. The number of amides is 1. The summed E-state index contributed by atoms with van der Waals surface area (Å²) in [4.78, 5) is 25.0. The first-order chi connectivity index (χ1) is 9.45. The molecule has 1 amide bonds. The molecule has 0 aliphatic carbocycles. The molecule has 2 saturated heterocycles. The third-order valence-corrected chi connectivity index (χ3v) is 4.35. The Morgan fingerprint density at radius 1 is 1.30 bits per heavy atom. The number of methoxy groups -OCH3 is 1. The van der Waals surface area contributed by atoms with Crippen LogP contribution in [0.4, 0.5) is 0 Å². The Labute approximate surface area is 119 Å². The standard InChI is InChI=1S/C14H23NO5/c1-14(9-19-2)5-7-15(8-6-14)12(16)10-3-4-11(20-10)13(17)18/h10-11H,3-9H2,1-2H3,(H,17,18)/t10-,11+/m0/s1. The Kier molecular flexibility index (Phi) is 4.65. The molecule has 0 saturated carbocycles. The minimum Gasteiger partial charge on any atom is -0.479 e. The Morgan fingerprint density at radius 3 is 2.40 bits per heavy atom. The molecule has 114 valence electrons. The van der Waals surface area contributed by atoms with Gasteiger partial charge >= 0.3 is 5.97 Å². The van der Waals surface area contributed by atoms with Crippen molar-refractivity contribution in [2.24, 2.45) is 5.41 Å². The van der Waals surface area contributed by atoms with Crippen LogP contribution in [0.5, 0.6) is 0 Å². The molecule has 2 aliphatic rings. The van der Waals surface area contributed by atoms with Gasteiger partial charge in [0.1, 0.15) is 6.10 Å². The molecule has 6 heteroatoms. The van der Waals surface area contributed by atoms with Crippen LogP contribution in [0.2, 0.25) is 0 Å². The molecular weight excluding hydrogens is 262 g/mol. The number of ether oxygens (including phenoxy) is 2. The van der Waals surface area contributed by atoms with E-state index in [1.54, 1.807) is 12.0 Å². The van der Waals surface area contributed by atoms with Crippen LogP contribution in [0.15, 0.2) is 0 Å². The highest BCUT2D eigenvalue weighted by Gasteiger charge is 2.39. The van der Waals surface area contributed by atoms with Gasteiger partial charge in [0.25, 0.3) is 5.91 Å². The highest BCUT2D eigenvalue weighted by Crippen LogP contribution is 2.32. The number of carbonyl (C=O) groups excluding carboxylic acids is 1. The lowest BCUT2D eigenvalue weighted by Crippen LogP contribution is -2.47. The minimum absolute atomic E-state index is 0.0618. The van der Waals surface area contributed by atoms with E-state index in [1.807, 2.05) is 0 Å². The maximum Gasteiger partial charge on any atom is 0.332 e. The van der Waals surface area contributed by atoms with Gasteiger partial charge in [-0.1, -0.05) is 6.92 Å². The average molecular weight is 285 g/mol. The molecule has 0 radical (unpaired) electrons. The molecule has 6 nitrogen and oxygen atoms in total. The number of rotatable bonds is 4. The summed E-state index contributed by atoms with van der Waals surface area (Å²) >= 11 is 0. The van der Waals surface area contributed by atoms with Crippen molar-refractivity contribution in [1.29, 1.82) is 0 Å². The topological polar surface area (TPSA) is 76.1 Å². The number of aliphatic carboxylic acids is 1. The maximum absolute atomic E-state index is 12.3. The second-order valence-corrected chi connectivity index (χ2v) is 6.10. The highest BCUT2D eigenvalue weighted by molar-refractivity contribution is 5.82. The first-order valence-corrected chi connectivity index (χ1v) is 7.11. The van der Waals surface area contributed by atoms with Gasteiger partial charge in [0.15, 0.2) is 6.10 Å². The number of carbonyl (C=O) groups is 2. The van der Waals surface area contributed by atoms with Crippen LogP contribution in [-0.2, 0) is 19.1 Å². The summed E-state index contributed by atoms with van der Waals surface area (Å²) in [5, 5.41) is 8.89. The monoisotopic (exact) mass is 285 g/mol. The molecule has 0 aromatic carbocycles. The summed E-state index contributed by atoms with van der Waals surface area (Å²) in [5.74, 6) is -1.04. The molecule has 2 rings (SSSR count). The fraction of sp³-hybridized carbons (Fsp3) is 0.857. The van der Waals surface area contributed by atoms with Crippen molar-refractivity contribution in [3.05, 3.63) is 0 Å². The molecule has 0 aromatic heterocycles. The molecule has 2 aliphatic heterocycles. The van der Waals surface area contributed by atoms with Gasteiger partial charge < -0.3 is 19.5 Å². The summed E-state index contributed by atoms with van der Waals surface area (Å²) in [6.45, 7) is 4.26. The highest BCUT2D eigenvalue weighted by atomic mass is 16.5. The van der Waals surface area contributed by atoms with E-state index in [2.05, 4.69) is 6.92 Å². The van der Waals surface area contributed by atoms with Gasteiger partial charge in [-0.05, 0) is 31.1 Å². The Bertz CT molecular complexity index is 376. The fourth-order valence-electron chi connectivity index (χ4n) is 2.96. The number of carboxylic acid groups (broad SMARTS) is 1. The van der Waals surface area contributed by atoms with Crippen molar-refractivity contribution in [3.63, 3.8) is 0 Å². The van der Waals surface area contributed by atoms with E-state index in [1.165, 1.54) is 0 Å². The zero-order valence-corrected chi connectivity index (χ0v) is 12.1. The van der Waals surface area contributed by atoms with Gasteiger partial charge in [0, 0.05) is 20.2 Å². The predicted octanol–water partition coefficient (Wildman–Crippen LogP) is 0.894. The second kappa shape index (κ2) is 6.10. The SMILES string of the molecule is COCC1(C)CCN(C(=O)[C@@H]2CC[C@H](C(=O)O)O2)CC1. The molecule has 2 fully saturated rings. The second-order valence-electron chi connectivity index (χ2n) is 6.10. The molecule has 0 aromatic rings. The average Bonchev–Trinajstić information content (AvgIpc) is 2.88. The molecule has 2 heterocycles. The zero-order valence-electron chi connectivity index (χ0n) is 12.1. The fourth-order valence-corrected chi connectivity index (χ4v) is 2.96. The number of hydrogen-bond donors (Lipinski definition) is 1. The van der Waals surface area contributed by atoms with Crippen LogP contribution in [0.1, 0.15) is 32.6 Å². The summed E-state index contributed by atoms with van der Waals surface area (Å²) in [5.41, 5.74) is 0.131. The van der Waals surface area contributed by atoms with Crippen LogP contribution in [0.3, 0.4) is 0 Å². The molecule has 1 N–H and O–H groups in total. The van der Waals surface area contributed by atoms with Crippen molar-refractivity contribution in [2.45, 2.75) is 44.8 Å². The normalized spacial score (nSPS) is 29.4. The molecular formula is C14H23NO5. The molecule has 0 spiro atoms. The van der Waals surface area contributed by atoms with E-state index in [0.717, 1.165) is 12.8 Å². The summed E-state index contributed by atoms with van der Waals surface area (Å²) < 4.78 is 10.5.